The molecule has 2 N–H and O–H groups in total. The SMILES string of the molecule is CNc1ccc2nc(CCc3ccccc3C)[nH]c2c1. The van der Waals surface area contributed by atoms with Gasteiger partial charge in [0.2, 0.25) is 0 Å². The average molecular weight is 265 g/mol. The van der Waals surface area contributed by atoms with Gasteiger partial charge in [-0.05, 0) is 42.7 Å². The molecule has 3 rings (SSSR count). The summed E-state index contributed by atoms with van der Waals surface area (Å²) in [5, 5.41) is 3.15. The third kappa shape index (κ3) is 2.52. The van der Waals surface area contributed by atoms with Crippen LogP contribution in [0.4, 0.5) is 5.69 Å². The standard InChI is InChI=1S/C17H19N3/c1-12-5-3-4-6-13(12)7-10-17-19-15-9-8-14(18-2)11-16(15)20-17/h3-6,8-9,11,18H,7,10H2,1-2H3,(H,19,20). The topological polar surface area (TPSA) is 40.7 Å². The van der Waals surface area contributed by atoms with Gasteiger partial charge in [-0.15, -0.1) is 0 Å². The number of anilines is 1. The minimum absolute atomic E-state index is 0.939. The molecule has 0 unspecified atom stereocenters. The molecule has 1 aromatic heterocycles. The normalized spacial score (nSPS) is 10.9. The van der Waals surface area contributed by atoms with Crippen LogP contribution in [-0.2, 0) is 12.8 Å². The lowest BCUT2D eigenvalue weighted by atomic mass is 10.0. The van der Waals surface area contributed by atoms with Crippen molar-refractivity contribution in [2.24, 2.45) is 0 Å². The molecule has 0 bridgehead atoms. The minimum atomic E-state index is 0.939. The summed E-state index contributed by atoms with van der Waals surface area (Å²) in [5.41, 5.74) is 5.97. The molecule has 0 aliphatic carbocycles. The lowest BCUT2D eigenvalue weighted by molar-refractivity contribution is 0.884. The Morgan fingerprint density at radius 3 is 2.75 bits per heavy atom. The van der Waals surface area contributed by atoms with Crippen LogP contribution in [0.15, 0.2) is 42.5 Å². The van der Waals surface area contributed by atoms with E-state index in [1.54, 1.807) is 0 Å². The highest BCUT2D eigenvalue weighted by Crippen LogP contribution is 2.18. The van der Waals surface area contributed by atoms with E-state index in [1.807, 2.05) is 13.1 Å². The van der Waals surface area contributed by atoms with Crippen LogP contribution in [0.5, 0.6) is 0 Å². The van der Waals surface area contributed by atoms with E-state index in [-0.39, 0.29) is 0 Å². The highest BCUT2D eigenvalue weighted by atomic mass is 14.9. The zero-order valence-corrected chi connectivity index (χ0v) is 11.9. The summed E-state index contributed by atoms with van der Waals surface area (Å²) in [6.07, 6.45) is 1.96. The van der Waals surface area contributed by atoms with Gasteiger partial charge in [0.05, 0.1) is 11.0 Å². The van der Waals surface area contributed by atoms with Crippen molar-refractivity contribution in [3.05, 3.63) is 59.4 Å². The molecule has 0 fully saturated rings. The van der Waals surface area contributed by atoms with E-state index in [4.69, 9.17) is 0 Å². The van der Waals surface area contributed by atoms with E-state index in [1.165, 1.54) is 11.1 Å². The second-order valence-electron chi connectivity index (χ2n) is 5.09. The maximum atomic E-state index is 4.65. The van der Waals surface area contributed by atoms with Gasteiger partial charge >= 0.3 is 0 Å². The second-order valence-corrected chi connectivity index (χ2v) is 5.09. The first-order chi connectivity index (χ1) is 9.76. The van der Waals surface area contributed by atoms with E-state index in [2.05, 4.69) is 58.6 Å². The van der Waals surface area contributed by atoms with Gasteiger partial charge in [0, 0.05) is 19.2 Å². The van der Waals surface area contributed by atoms with E-state index in [0.717, 1.165) is 35.4 Å². The molecular formula is C17H19N3. The molecule has 0 aliphatic rings. The highest BCUT2D eigenvalue weighted by Gasteiger charge is 2.05. The number of imidazole rings is 1. The average Bonchev–Trinajstić information content (AvgIpc) is 2.88. The molecule has 3 nitrogen and oxygen atoms in total. The number of nitrogens with one attached hydrogen (secondary N) is 2. The third-order valence-corrected chi connectivity index (χ3v) is 3.71. The molecule has 0 spiro atoms. The van der Waals surface area contributed by atoms with Crippen molar-refractivity contribution in [2.45, 2.75) is 19.8 Å². The van der Waals surface area contributed by atoms with Gasteiger partial charge in [0.15, 0.2) is 0 Å². The molecule has 3 heteroatoms. The first kappa shape index (κ1) is 12.7. The fourth-order valence-electron chi connectivity index (χ4n) is 2.48. The highest BCUT2D eigenvalue weighted by molar-refractivity contribution is 5.79. The van der Waals surface area contributed by atoms with Crippen molar-refractivity contribution in [2.75, 3.05) is 12.4 Å². The zero-order chi connectivity index (χ0) is 13.9. The van der Waals surface area contributed by atoms with Crippen molar-refractivity contribution in [3.63, 3.8) is 0 Å². The number of hydrogen-bond donors (Lipinski definition) is 2. The Hall–Kier alpha value is -2.29. The molecule has 1 heterocycles. The van der Waals surface area contributed by atoms with Crippen LogP contribution in [0.1, 0.15) is 17.0 Å². The fourth-order valence-corrected chi connectivity index (χ4v) is 2.48. The number of nitrogens with zero attached hydrogens (tertiary/aromatic N) is 1. The summed E-state index contributed by atoms with van der Waals surface area (Å²) in [6.45, 7) is 2.16. The maximum absolute atomic E-state index is 4.65. The predicted octanol–water partition coefficient (Wildman–Crippen LogP) is 3.70. The van der Waals surface area contributed by atoms with Crippen LogP contribution in [0.2, 0.25) is 0 Å². The summed E-state index contributed by atoms with van der Waals surface area (Å²) in [6, 6.07) is 14.7. The smallest absolute Gasteiger partial charge is 0.107 e. The van der Waals surface area contributed by atoms with Crippen molar-refractivity contribution < 1.29 is 0 Å². The van der Waals surface area contributed by atoms with Crippen LogP contribution < -0.4 is 5.32 Å². The number of aromatic nitrogens is 2. The van der Waals surface area contributed by atoms with Gasteiger partial charge in [0.25, 0.3) is 0 Å². The lowest BCUT2D eigenvalue weighted by Gasteiger charge is -2.03. The van der Waals surface area contributed by atoms with Crippen molar-refractivity contribution in [3.8, 4) is 0 Å². The van der Waals surface area contributed by atoms with Crippen LogP contribution in [-0.4, -0.2) is 17.0 Å². The lowest BCUT2D eigenvalue weighted by Crippen LogP contribution is -1.95. The molecule has 0 amide bonds. The molecule has 2 aromatic carbocycles. The Kier molecular flexibility index (Phi) is 3.42. The largest absolute Gasteiger partial charge is 0.388 e. The number of rotatable bonds is 4. The van der Waals surface area contributed by atoms with Gasteiger partial charge in [0.1, 0.15) is 5.82 Å². The molecule has 0 atom stereocenters. The Morgan fingerprint density at radius 2 is 1.95 bits per heavy atom. The quantitative estimate of drug-likeness (QED) is 0.755. The van der Waals surface area contributed by atoms with E-state index in [0.29, 0.717) is 0 Å². The first-order valence-corrected chi connectivity index (χ1v) is 6.97. The monoisotopic (exact) mass is 265 g/mol. The van der Waals surface area contributed by atoms with E-state index < -0.39 is 0 Å². The van der Waals surface area contributed by atoms with Gasteiger partial charge in [-0.1, -0.05) is 24.3 Å². The van der Waals surface area contributed by atoms with Crippen LogP contribution >= 0.6 is 0 Å². The predicted molar refractivity (Wildman–Crippen MR) is 84.2 cm³/mol. The summed E-state index contributed by atoms with van der Waals surface area (Å²) in [4.78, 5) is 8.06. The van der Waals surface area contributed by atoms with Crippen LogP contribution in [0, 0.1) is 6.92 Å². The molecular weight excluding hydrogens is 246 g/mol. The Morgan fingerprint density at radius 1 is 1.10 bits per heavy atom. The van der Waals surface area contributed by atoms with Crippen LogP contribution in [0.25, 0.3) is 11.0 Å². The Labute approximate surface area is 119 Å². The van der Waals surface area contributed by atoms with Crippen molar-refractivity contribution in [1.82, 2.24) is 9.97 Å². The summed E-state index contributed by atoms with van der Waals surface area (Å²) in [7, 11) is 1.93. The van der Waals surface area contributed by atoms with Gasteiger partial charge in [-0.2, -0.15) is 0 Å². The number of aryl methyl sites for hydroxylation is 3. The third-order valence-electron chi connectivity index (χ3n) is 3.71. The van der Waals surface area contributed by atoms with Crippen molar-refractivity contribution >= 4 is 16.7 Å². The summed E-state index contributed by atoms with van der Waals surface area (Å²) >= 11 is 0. The molecule has 0 saturated carbocycles. The molecule has 0 radical (unpaired) electrons. The second kappa shape index (κ2) is 5.37. The Bertz CT molecular complexity index is 728. The molecule has 20 heavy (non-hydrogen) atoms. The van der Waals surface area contributed by atoms with Gasteiger partial charge in [-0.3, -0.25) is 0 Å². The first-order valence-electron chi connectivity index (χ1n) is 6.97. The zero-order valence-electron chi connectivity index (χ0n) is 11.9. The molecule has 102 valence electrons. The fraction of sp³-hybridized carbons (Fsp3) is 0.235. The number of fused-ring (bicyclic) bond motifs is 1. The number of aromatic amines is 1. The summed E-state index contributed by atoms with van der Waals surface area (Å²) < 4.78 is 0. The van der Waals surface area contributed by atoms with E-state index >= 15 is 0 Å². The van der Waals surface area contributed by atoms with Gasteiger partial charge < -0.3 is 10.3 Å². The van der Waals surface area contributed by atoms with E-state index in [9.17, 15) is 0 Å². The van der Waals surface area contributed by atoms with Gasteiger partial charge in [-0.25, -0.2) is 4.98 Å². The molecule has 0 aliphatic heterocycles. The number of hydrogen-bond acceptors (Lipinski definition) is 2. The molecule has 3 aromatic rings. The van der Waals surface area contributed by atoms with Crippen molar-refractivity contribution in [1.29, 1.82) is 0 Å². The minimum Gasteiger partial charge on any atom is -0.388 e. The Balaban J connectivity index is 1.79. The maximum Gasteiger partial charge on any atom is 0.107 e. The van der Waals surface area contributed by atoms with Crippen LogP contribution in [0.3, 0.4) is 0 Å². The summed E-state index contributed by atoms with van der Waals surface area (Å²) in [5.74, 6) is 1.05. The number of benzene rings is 2. The molecule has 0 saturated heterocycles. The number of H-pyrrole nitrogens is 1.